The van der Waals surface area contributed by atoms with Crippen molar-refractivity contribution in [2.24, 2.45) is 11.1 Å². The lowest BCUT2D eigenvalue weighted by Crippen LogP contribution is -2.30. The summed E-state index contributed by atoms with van der Waals surface area (Å²) in [5, 5.41) is 8.16. The predicted octanol–water partition coefficient (Wildman–Crippen LogP) is 3.61. The second-order valence-corrected chi connectivity index (χ2v) is 8.67. The Morgan fingerprint density at radius 1 is 1.16 bits per heavy atom. The average molecular weight is 425 g/mol. The Hall–Kier alpha value is -1.70. The van der Waals surface area contributed by atoms with Crippen molar-refractivity contribution < 1.29 is 13.2 Å². The maximum Gasteiger partial charge on any atom is 0.252 e. The largest absolute Gasteiger partial charge is 0.345 e. The molecule has 0 heterocycles. The first-order valence-corrected chi connectivity index (χ1v) is 10.2. The monoisotopic (exact) mass is 424 g/mol. The van der Waals surface area contributed by atoms with E-state index in [1.165, 1.54) is 18.2 Å². The molecule has 0 saturated carbocycles. The van der Waals surface area contributed by atoms with Crippen LogP contribution in [0.15, 0.2) is 57.9 Å². The van der Waals surface area contributed by atoms with Crippen LogP contribution in [0.1, 0.15) is 42.2 Å². The smallest absolute Gasteiger partial charge is 0.252 e. The minimum Gasteiger partial charge on any atom is -0.345 e. The normalized spacial score (nSPS) is 12.8. The fraction of sp³-hybridized carbons (Fsp3) is 0.278. The third-order valence-electron chi connectivity index (χ3n) is 3.73. The highest BCUT2D eigenvalue weighted by Crippen LogP contribution is 2.24. The number of amides is 1. The zero-order valence-corrected chi connectivity index (χ0v) is 16.5. The van der Waals surface area contributed by atoms with E-state index in [1.807, 2.05) is 30.3 Å². The van der Waals surface area contributed by atoms with Gasteiger partial charge in [-0.05, 0) is 52.0 Å². The number of rotatable bonds is 6. The van der Waals surface area contributed by atoms with Crippen molar-refractivity contribution in [3.05, 3.63) is 64.1 Å². The summed E-state index contributed by atoms with van der Waals surface area (Å²) in [5.74, 6) is 0.0246. The Balaban J connectivity index is 2.32. The predicted molar refractivity (Wildman–Crippen MR) is 102 cm³/mol. The Kier molecular flexibility index (Phi) is 6.37. The van der Waals surface area contributed by atoms with Crippen molar-refractivity contribution in [1.82, 2.24) is 5.32 Å². The lowest BCUT2D eigenvalue weighted by atomic mass is 9.96. The molecular formula is C18H21BrN2O3S. The van der Waals surface area contributed by atoms with E-state index in [4.69, 9.17) is 5.14 Å². The van der Waals surface area contributed by atoms with E-state index in [1.54, 1.807) is 0 Å². The molecule has 134 valence electrons. The van der Waals surface area contributed by atoms with Crippen molar-refractivity contribution in [2.45, 2.75) is 31.2 Å². The number of hydrogen-bond acceptors (Lipinski definition) is 3. The molecular weight excluding hydrogens is 404 g/mol. The molecule has 2 rings (SSSR count). The van der Waals surface area contributed by atoms with Crippen LogP contribution in [0, 0.1) is 5.92 Å². The molecule has 0 unspecified atom stereocenters. The van der Waals surface area contributed by atoms with E-state index >= 15 is 0 Å². The van der Waals surface area contributed by atoms with Gasteiger partial charge in [-0.1, -0.05) is 44.2 Å². The van der Waals surface area contributed by atoms with Crippen LogP contribution in [-0.4, -0.2) is 14.3 Å². The van der Waals surface area contributed by atoms with Crippen LogP contribution in [0.2, 0.25) is 0 Å². The molecule has 0 aliphatic heterocycles. The molecule has 0 aliphatic rings. The molecule has 25 heavy (non-hydrogen) atoms. The molecule has 2 aromatic carbocycles. The molecule has 0 fully saturated rings. The SMILES string of the molecule is CC(C)C[C@@H](NC(=O)c1cc(S(N)(=O)=O)ccc1Br)c1ccccc1. The van der Waals surface area contributed by atoms with Gasteiger partial charge in [-0.2, -0.15) is 0 Å². The lowest BCUT2D eigenvalue weighted by molar-refractivity contribution is 0.0931. The fourth-order valence-electron chi connectivity index (χ4n) is 2.53. The molecule has 0 aromatic heterocycles. The zero-order chi connectivity index (χ0) is 18.6. The number of nitrogens with two attached hydrogens (primary N) is 1. The van der Waals surface area contributed by atoms with Gasteiger partial charge in [-0.25, -0.2) is 13.6 Å². The average Bonchev–Trinajstić information content (AvgIpc) is 2.53. The number of sulfonamides is 1. The molecule has 1 atom stereocenters. The molecule has 0 spiro atoms. The highest BCUT2D eigenvalue weighted by molar-refractivity contribution is 9.10. The van der Waals surface area contributed by atoms with E-state index in [0.29, 0.717) is 10.4 Å². The summed E-state index contributed by atoms with van der Waals surface area (Å²) in [4.78, 5) is 12.6. The van der Waals surface area contributed by atoms with Gasteiger partial charge in [-0.3, -0.25) is 4.79 Å². The third kappa shape index (κ3) is 5.39. The number of halogens is 1. The first-order chi connectivity index (χ1) is 11.7. The van der Waals surface area contributed by atoms with Gasteiger partial charge >= 0.3 is 0 Å². The Bertz CT molecular complexity index is 852. The third-order valence-corrected chi connectivity index (χ3v) is 5.33. The Labute approximate surface area is 156 Å². The number of carbonyl (C=O) groups is 1. The molecule has 3 N–H and O–H groups in total. The Morgan fingerprint density at radius 2 is 1.80 bits per heavy atom. The Morgan fingerprint density at radius 3 is 2.36 bits per heavy atom. The van der Waals surface area contributed by atoms with Gasteiger partial charge in [0.2, 0.25) is 10.0 Å². The summed E-state index contributed by atoms with van der Waals surface area (Å²) >= 11 is 3.30. The molecule has 0 saturated heterocycles. The van der Waals surface area contributed by atoms with Gasteiger partial charge in [0.15, 0.2) is 0 Å². The minimum atomic E-state index is -3.88. The molecule has 2 aromatic rings. The van der Waals surface area contributed by atoms with Crippen LogP contribution in [0.3, 0.4) is 0 Å². The summed E-state index contributed by atoms with van der Waals surface area (Å²) < 4.78 is 23.6. The minimum absolute atomic E-state index is 0.0963. The van der Waals surface area contributed by atoms with Gasteiger partial charge in [0.1, 0.15) is 0 Å². The summed E-state index contributed by atoms with van der Waals surface area (Å²) in [6.45, 7) is 4.17. The summed E-state index contributed by atoms with van der Waals surface area (Å²) in [6.07, 6.45) is 0.766. The number of nitrogens with one attached hydrogen (secondary N) is 1. The van der Waals surface area contributed by atoms with Gasteiger partial charge in [-0.15, -0.1) is 0 Å². The van der Waals surface area contributed by atoms with Crippen LogP contribution in [-0.2, 0) is 10.0 Å². The first-order valence-electron chi connectivity index (χ1n) is 7.86. The standard InChI is InChI=1S/C18H21BrN2O3S/c1-12(2)10-17(13-6-4-3-5-7-13)21-18(22)15-11-14(25(20,23)24)8-9-16(15)19/h3-9,11-12,17H,10H2,1-2H3,(H,21,22)(H2,20,23,24)/t17-/m1/s1. The van der Waals surface area contributed by atoms with Crippen LogP contribution >= 0.6 is 15.9 Å². The van der Waals surface area contributed by atoms with E-state index in [2.05, 4.69) is 35.1 Å². The van der Waals surface area contributed by atoms with E-state index in [0.717, 1.165) is 12.0 Å². The topological polar surface area (TPSA) is 89.3 Å². The van der Waals surface area contributed by atoms with Gasteiger partial charge in [0.05, 0.1) is 16.5 Å². The fourth-order valence-corrected chi connectivity index (χ4v) is 3.49. The van der Waals surface area contributed by atoms with Gasteiger partial charge < -0.3 is 5.32 Å². The highest BCUT2D eigenvalue weighted by atomic mass is 79.9. The molecule has 1 amide bonds. The zero-order valence-electron chi connectivity index (χ0n) is 14.1. The van der Waals surface area contributed by atoms with Crippen molar-refractivity contribution in [1.29, 1.82) is 0 Å². The lowest BCUT2D eigenvalue weighted by Gasteiger charge is -2.21. The van der Waals surface area contributed by atoms with Crippen molar-refractivity contribution in [2.75, 3.05) is 0 Å². The second-order valence-electron chi connectivity index (χ2n) is 6.25. The van der Waals surface area contributed by atoms with E-state index < -0.39 is 10.0 Å². The molecule has 0 aliphatic carbocycles. The number of primary sulfonamides is 1. The molecule has 0 radical (unpaired) electrons. The van der Waals surface area contributed by atoms with Crippen LogP contribution in [0.4, 0.5) is 0 Å². The van der Waals surface area contributed by atoms with Crippen molar-refractivity contribution in [3.63, 3.8) is 0 Å². The van der Waals surface area contributed by atoms with Crippen molar-refractivity contribution >= 4 is 31.9 Å². The first kappa shape index (κ1) is 19.6. The van der Waals surface area contributed by atoms with Crippen LogP contribution < -0.4 is 10.5 Å². The van der Waals surface area contributed by atoms with Gasteiger partial charge in [0, 0.05) is 4.47 Å². The summed E-state index contributed by atoms with van der Waals surface area (Å²) in [6, 6.07) is 13.7. The number of hydrogen-bond donors (Lipinski definition) is 2. The number of benzene rings is 2. The molecule has 7 heteroatoms. The second kappa shape index (κ2) is 8.12. The quantitative estimate of drug-likeness (QED) is 0.741. The molecule has 5 nitrogen and oxygen atoms in total. The van der Waals surface area contributed by atoms with Crippen LogP contribution in [0.25, 0.3) is 0 Å². The van der Waals surface area contributed by atoms with Gasteiger partial charge in [0.25, 0.3) is 5.91 Å². The van der Waals surface area contributed by atoms with Crippen molar-refractivity contribution in [3.8, 4) is 0 Å². The molecule has 0 bridgehead atoms. The maximum atomic E-state index is 12.7. The number of carbonyl (C=O) groups excluding carboxylic acids is 1. The summed E-state index contributed by atoms with van der Waals surface area (Å²) in [7, 11) is -3.88. The maximum absolute atomic E-state index is 12.7. The highest BCUT2D eigenvalue weighted by Gasteiger charge is 2.20. The van der Waals surface area contributed by atoms with E-state index in [9.17, 15) is 13.2 Å². The van der Waals surface area contributed by atoms with E-state index in [-0.39, 0.29) is 22.4 Å². The van der Waals surface area contributed by atoms with Crippen LogP contribution in [0.5, 0.6) is 0 Å². The summed E-state index contributed by atoms with van der Waals surface area (Å²) in [5.41, 5.74) is 1.24.